The van der Waals surface area contributed by atoms with Gasteiger partial charge in [-0.05, 0) is 63.7 Å². The van der Waals surface area contributed by atoms with Crippen LogP contribution in [0, 0.1) is 5.41 Å². The van der Waals surface area contributed by atoms with Crippen LogP contribution in [0.15, 0.2) is 0 Å². The number of likely N-dealkylation sites (tertiary alicyclic amines) is 2. The van der Waals surface area contributed by atoms with E-state index in [0.29, 0.717) is 5.41 Å². The van der Waals surface area contributed by atoms with E-state index in [1.807, 2.05) is 0 Å². The van der Waals surface area contributed by atoms with Gasteiger partial charge in [0.2, 0.25) is 0 Å². The van der Waals surface area contributed by atoms with Gasteiger partial charge in [0.05, 0.1) is 0 Å². The molecule has 118 valence electrons. The molecular weight excluding hydrogens is 270 g/mol. The normalized spacial score (nSPS) is 36.1. The predicted octanol–water partition coefficient (Wildman–Crippen LogP) is 2.36. The Labute approximate surface area is 130 Å². The molecule has 3 nitrogen and oxygen atoms in total. The fourth-order valence-corrected chi connectivity index (χ4v) is 4.24. The average Bonchev–Trinajstić information content (AvgIpc) is 3.02. The van der Waals surface area contributed by atoms with Gasteiger partial charge in [-0.2, -0.15) is 0 Å². The van der Waals surface area contributed by atoms with Crippen molar-refractivity contribution < 1.29 is 0 Å². The molecule has 3 heterocycles. The second-order valence-corrected chi connectivity index (χ2v) is 7.37. The van der Waals surface area contributed by atoms with Crippen LogP contribution in [0.25, 0.3) is 0 Å². The molecule has 0 radical (unpaired) electrons. The first kappa shape index (κ1) is 16.5. The molecule has 0 amide bonds. The first-order chi connectivity index (χ1) is 9.25. The van der Waals surface area contributed by atoms with Crippen molar-refractivity contribution in [2.24, 2.45) is 5.41 Å². The number of halogens is 1. The Morgan fingerprint density at radius 2 is 1.90 bits per heavy atom. The minimum atomic E-state index is 0. The van der Waals surface area contributed by atoms with Crippen LogP contribution in [0.5, 0.6) is 0 Å². The Balaban J connectivity index is 0.00000147. The molecule has 0 aliphatic carbocycles. The molecule has 0 spiro atoms. The molecule has 3 fully saturated rings. The maximum absolute atomic E-state index is 3.55. The molecule has 4 heteroatoms. The Hall–Kier alpha value is 0.170. The highest BCUT2D eigenvalue weighted by atomic mass is 35.5. The van der Waals surface area contributed by atoms with E-state index in [4.69, 9.17) is 0 Å². The van der Waals surface area contributed by atoms with Gasteiger partial charge >= 0.3 is 0 Å². The van der Waals surface area contributed by atoms with Gasteiger partial charge in [0, 0.05) is 25.7 Å². The number of hydrogen-bond acceptors (Lipinski definition) is 3. The summed E-state index contributed by atoms with van der Waals surface area (Å²) in [5.41, 5.74) is 0.532. The zero-order chi connectivity index (χ0) is 13.1. The molecule has 0 aromatic carbocycles. The molecule has 0 saturated carbocycles. The predicted molar refractivity (Wildman–Crippen MR) is 87.7 cm³/mol. The minimum absolute atomic E-state index is 0. The molecule has 20 heavy (non-hydrogen) atoms. The molecule has 0 bridgehead atoms. The van der Waals surface area contributed by atoms with Crippen LogP contribution in [-0.2, 0) is 0 Å². The summed E-state index contributed by atoms with van der Waals surface area (Å²) in [7, 11) is 0. The van der Waals surface area contributed by atoms with Crippen molar-refractivity contribution in [3.63, 3.8) is 0 Å². The van der Waals surface area contributed by atoms with Crippen molar-refractivity contribution in [2.75, 3.05) is 45.8 Å². The molecule has 3 saturated heterocycles. The topological polar surface area (TPSA) is 18.5 Å². The summed E-state index contributed by atoms with van der Waals surface area (Å²) >= 11 is 0. The summed E-state index contributed by atoms with van der Waals surface area (Å²) in [6, 6.07) is 0.843. The molecule has 2 unspecified atom stereocenters. The van der Waals surface area contributed by atoms with E-state index < -0.39 is 0 Å². The van der Waals surface area contributed by atoms with Gasteiger partial charge < -0.3 is 10.2 Å². The zero-order valence-corrected chi connectivity index (χ0v) is 13.9. The highest BCUT2D eigenvalue weighted by Crippen LogP contribution is 2.30. The van der Waals surface area contributed by atoms with Crippen LogP contribution in [0.4, 0.5) is 0 Å². The van der Waals surface area contributed by atoms with E-state index in [9.17, 15) is 0 Å². The van der Waals surface area contributed by atoms with Crippen LogP contribution in [-0.4, -0.2) is 61.7 Å². The number of nitrogens with zero attached hydrogens (tertiary/aromatic N) is 2. The molecule has 3 aliphatic rings. The van der Waals surface area contributed by atoms with Gasteiger partial charge in [0.25, 0.3) is 0 Å². The van der Waals surface area contributed by atoms with E-state index in [-0.39, 0.29) is 12.4 Å². The Bertz CT molecular complexity index is 285. The lowest BCUT2D eigenvalue weighted by molar-refractivity contribution is 0.119. The van der Waals surface area contributed by atoms with Crippen molar-refractivity contribution in [1.29, 1.82) is 0 Å². The van der Waals surface area contributed by atoms with Gasteiger partial charge in [-0.15, -0.1) is 12.4 Å². The van der Waals surface area contributed by atoms with Crippen molar-refractivity contribution in [1.82, 2.24) is 15.1 Å². The van der Waals surface area contributed by atoms with Crippen LogP contribution >= 0.6 is 12.4 Å². The molecular formula is C16H32ClN3. The third kappa shape index (κ3) is 4.09. The summed E-state index contributed by atoms with van der Waals surface area (Å²) in [6.45, 7) is 11.6. The molecule has 3 aliphatic heterocycles. The number of hydrogen-bond donors (Lipinski definition) is 1. The summed E-state index contributed by atoms with van der Waals surface area (Å²) in [5.74, 6) is 0. The fourth-order valence-electron chi connectivity index (χ4n) is 4.24. The summed E-state index contributed by atoms with van der Waals surface area (Å²) in [4.78, 5) is 5.53. The van der Waals surface area contributed by atoms with E-state index in [1.165, 1.54) is 84.3 Å². The lowest BCUT2D eigenvalue weighted by atomic mass is 9.89. The highest BCUT2D eigenvalue weighted by Gasteiger charge is 2.35. The SMILES string of the molecule is CC1(CN2CCCC2CN2CCCCC2)CCNC1.Cl. The number of piperidine rings is 1. The standard InChI is InChI=1S/C16H31N3.ClH/c1-16(7-8-17-13-16)14-19-11-5-6-15(19)12-18-9-3-2-4-10-18;/h15,17H,2-14H2,1H3;1H. The largest absolute Gasteiger partial charge is 0.316 e. The third-order valence-electron chi connectivity index (χ3n) is 5.46. The van der Waals surface area contributed by atoms with E-state index in [1.54, 1.807) is 0 Å². The van der Waals surface area contributed by atoms with Gasteiger partial charge in [0.15, 0.2) is 0 Å². The van der Waals surface area contributed by atoms with E-state index >= 15 is 0 Å². The molecule has 0 aromatic heterocycles. The second-order valence-electron chi connectivity index (χ2n) is 7.37. The van der Waals surface area contributed by atoms with Crippen molar-refractivity contribution >= 4 is 12.4 Å². The summed E-state index contributed by atoms with van der Waals surface area (Å²) < 4.78 is 0. The second kappa shape index (κ2) is 7.44. The Morgan fingerprint density at radius 1 is 1.10 bits per heavy atom. The monoisotopic (exact) mass is 301 g/mol. The molecule has 2 atom stereocenters. The Kier molecular flexibility index (Phi) is 6.15. The van der Waals surface area contributed by atoms with Gasteiger partial charge in [-0.3, -0.25) is 4.90 Å². The number of rotatable bonds is 4. The summed E-state index contributed by atoms with van der Waals surface area (Å²) in [5, 5.41) is 3.55. The number of nitrogens with one attached hydrogen (secondary N) is 1. The molecule has 0 aromatic rings. The maximum Gasteiger partial charge on any atom is 0.0223 e. The average molecular weight is 302 g/mol. The lowest BCUT2D eigenvalue weighted by Gasteiger charge is -2.36. The minimum Gasteiger partial charge on any atom is -0.316 e. The van der Waals surface area contributed by atoms with Crippen molar-refractivity contribution in [3.8, 4) is 0 Å². The summed E-state index contributed by atoms with van der Waals surface area (Å²) in [6.07, 6.45) is 8.51. The van der Waals surface area contributed by atoms with Crippen LogP contribution < -0.4 is 5.32 Å². The van der Waals surface area contributed by atoms with Gasteiger partial charge in [0.1, 0.15) is 0 Å². The van der Waals surface area contributed by atoms with Crippen LogP contribution in [0.3, 0.4) is 0 Å². The van der Waals surface area contributed by atoms with E-state index in [2.05, 4.69) is 22.0 Å². The Morgan fingerprint density at radius 3 is 2.60 bits per heavy atom. The van der Waals surface area contributed by atoms with Crippen LogP contribution in [0.1, 0.15) is 45.4 Å². The van der Waals surface area contributed by atoms with Crippen molar-refractivity contribution in [3.05, 3.63) is 0 Å². The molecule has 1 N–H and O–H groups in total. The van der Waals surface area contributed by atoms with Crippen molar-refractivity contribution in [2.45, 2.75) is 51.5 Å². The fraction of sp³-hybridized carbons (Fsp3) is 1.00. The first-order valence-electron chi connectivity index (χ1n) is 8.42. The smallest absolute Gasteiger partial charge is 0.0223 e. The molecule has 3 rings (SSSR count). The highest BCUT2D eigenvalue weighted by molar-refractivity contribution is 5.85. The maximum atomic E-state index is 3.55. The van der Waals surface area contributed by atoms with Gasteiger partial charge in [-0.1, -0.05) is 13.3 Å². The quantitative estimate of drug-likeness (QED) is 0.860. The zero-order valence-electron chi connectivity index (χ0n) is 13.1. The lowest BCUT2D eigenvalue weighted by Crippen LogP contribution is -2.46. The van der Waals surface area contributed by atoms with Gasteiger partial charge in [-0.25, -0.2) is 0 Å². The van der Waals surface area contributed by atoms with E-state index in [0.717, 1.165) is 6.04 Å². The first-order valence-corrected chi connectivity index (χ1v) is 8.42. The third-order valence-corrected chi connectivity index (χ3v) is 5.46. The van der Waals surface area contributed by atoms with Crippen LogP contribution in [0.2, 0.25) is 0 Å².